The molecule has 0 saturated carbocycles. The van der Waals surface area contributed by atoms with Crippen molar-refractivity contribution in [3.8, 4) is 6.01 Å². The molecule has 1 aromatic heterocycles. The van der Waals surface area contributed by atoms with Gasteiger partial charge in [-0.05, 0) is 25.3 Å². The van der Waals surface area contributed by atoms with Crippen molar-refractivity contribution >= 4 is 6.09 Å². The van der Waals surface area contributed by atoms with Gasteiger partial charge in [-0.1, -0.05) is 0 Å². The maximum Gasteiger partial charge on any atom is 0.417 e. The number of hydrogen-bond acceptors (Lipinski definition) is 4. The number of hydrogen-bond donors (Lipinski definition) is 0. The Morgan fingerprint density at radius 3 is 2.53 bits per heavy atom. The number of rotatable bonds is 1. The first-order valence-electron chi connectivity index (χ1n) is 5.10. The van der Waals surface area contributed by atoms with Crippen molar-refractivity contribution in [3.05, 3.63) is 18.5 Å². The molecule has 1 fully saturated rings. The van der Waals surface area contributed by atoms with Gasteiger partial charge in [-0.3, -0.25) is 0 Å². The van der Waals surface area contributed by atoms with Gasteiger partial charge in [0.1, 0.15) is 0 Å². The molecule has 0 atom stereocenters. The van der Waals surface area contributed by atoms with Crippen LogP contribution in [0.25, 0.3) is 0 Å². The topological polar surface area (TPSA) is 55.3 Å². The lowest BCUT2D eigenvalue weighted by atomic mass is 10.1. The fraction of sp³-hybridized carbons (Fsp3) is 0.500. The molecule has 0 unspecified atom stereocenters. The molecule has 1 aromatic rings. The van der Waals surface area contributed by atoms with Crippen LogP contribution in [0.15, 0.2) is 18.5 Å². The Labute approximate surface area is 88.1 Å². The van der Waals surface area contributed by atoms with Gasteiger partial charge in [0.05, 0.1) is 0 Å². The summed E-state index contributed by atoms with van der Waals surface area (Å²) in [5.74, 6) is 0. The molecule has 1 amide bonds. The minimum Gasteiger partial charge on any atom is -0.374 e. The summed E-state index contributed by atoms with van der Waals surface area (Å²) in [6.45, 7) is 1.54. The predicted octanol–water partition coefficient (Wildman–Crippen LogP) is 1.46. The van der Waals surface area contributed by atoms with E-state index in [0.717, 1.165) is 25.9 Å². The Kier molecular flexibility index (Phi) is 3.11. The second-order valence-corrected chi connectivity index (χ2v) is 3.45. The van der Waals surface area contributed by atoms with Gasteiger partial charge >= 0.3 is 12.1 Å². The lowest BCUT2D eigenvalue weighted by Crippen LogP contribution is -2.37. The molecule has 0 radical (unpaired) electrons. The largest absolute Gasteiger partial charge is 0.417 e. The van der Waals surface area contributed by atoms with Gasteiger partial charge in [0, 0.05) is 25.5 Å². The number of nitrogens with zero attached hydrogens (tertiary/aromatic N) is 3. The summed E-state index contributed by atoms with van der Waals surface area (Å²) in [5, 5.41) is 0. The molecule has 15 heavy (non-hydrogen) atoms. The molecule has 1 aliphatic heterocycles. The van der Waals surface area contributed by atoms with Crippen LogP contribution >= 0.6 is 0 Å². The summed E-state index contributed by atoms with van der Waals surface area (Å²) in [7, 11) is 0. The number of carbonyl (C=O) groups excluding carboxylic acids is 1. The molecule has 0 aliphatic carbocycles. The third kappa shape index (κ3) is 2.65. The minimum absolute atomic E-state index is 0.119. The molecule has 5 heteroatoms. The molecule has 0 spiro atoms. The van der Waals surface area contributed by atoms with E-state index >= 15 is 0 Å². The first-order valence-corrected chi connectivity index (χ1v) is 5.10. The summed E-state index contributed by atoms with van der Waals surface area (Å²) >= 11 is 0. The summed E-state index contributed by atoms with van der Waals surface area (Å²) < 4.78 is 5.02. The van der Waals surface area contributed by atoms with Gasteiger partial charge in [0.15, 0.2) is 0 Å². The zero-order valence-corrected chi connectivity index (χ0v) is 8.43. The Morgan fingerprint density at radius 1 is 1.20 bits per heavy atom. The van der Waals surface area contributed by atoms with Crippen LogP contribution < -0.4 is 4.74 Å². The summed E-state index contributed by atoms with van der Waals surface area (Å²) in [4.78, 5) is 21.0. The summed E-state index contributed by atoms with van der Waals surface area (Å²) in [6, 6.07) is 1.80. The summed E-state index contributed by atoms with van der Waals surface area (Å²) in [6.07, 6.45) is 6.03. The normalized spacial score (nSPS) is 16.1. The number of likely N-dealkylation sites (tertiary alicyclic amines) is 1. The van der Waals surface area contributed by atoms with E-state index in [-0.39, 0.29) is 12.1 Å². The van der Waals surface area contributed by atoms with E-state index < -0.39 is 0 Å². The number of ether oxygens (including phenoxy) is 1. The molecule has 0 aromatic carbocycles. The van der Waals surface area contributed by atoms with Crippen molar-refractivity contribution in [3.63, 3.8) is 0 Å². The van der Waals surface area contributed by atoms with Crippen LogP contribution in [-0.4, -0.2) is 34.1 Å². The lowest BCUT2D eigenvalue weighted by Gasteiger charge is -2.25. The summed E-state index contributed by atoms with van der Waals surface area (Å²) in [5.41, 5.74) is 0. The average Bonchev–Trinajstić information content (AvgIpc) is 2.31. The highest BCUT2D eigenvalue weighted by Crippen LogP contribution is 2.10. The van der Waals surface area contributed by atoms with Crippen LogP contribution in [0, 0.1) is 0 Å². The monoisotopic (exact) mass is 207 g/mol. The average molecular weight is 207 g/mol. The van der Waals surface area contributed by atoms with Crippen molar-refractivity contribution in [1.29, 1.82) is 0 Å². The maximum absolute atomic E-state index is 11.6. The number of piperidine rings is 1. The molecule has 5 nitrogen and oxygen atoms in total. The van der Waals surface area contributed by atoms with Gasteiger partial charge in [-0.15, -0.1) is 0 Å². The highest BCUT2D eigenvalue weighted by molar-refractivity contribution is 5.69. The second-order valence-electron chi connectivity index (χ2n) is 3.45. The fourth-order valence-electron chi connectivity index (χ4n) is 1.56. The Hall–Kier alpha value is -1.65. The molecule has 2 rings (SSSR count). The standard InChI is InChI=1S/C10H13N3O2/c14-10(13-7-2-1-3-8-13)15-9-11-5-4-6-12-9/h4-6H,1-3,7-8H2. The molecular weight excluding hydrogens is 194 g/mol. The Bertz CT molecular complexity index is 323. The third-order valence-corrected chi connectivity index (χ3v) is 2.33. The predicted molar refractivity (Wildman–Crippen MR) is 53.5 cm³/mol. The SMILES string of the molecule is O=C(Oc1ncccn1)N1CCCCC1. The molecule has 80 valence electrons. The van der Waals surface area contributed by atoms with E-state index in [1.54, 1.807) is 23.4 Å². The minimum atomic E-state index is -0.346. The first kappa shape index (κ1) is 9.89. The second kappa shape index (κ2) is 4.72. The molecular formula is C10H13N3O2. The molecule has 2 heterocycles. The van der Waals surface area contributed by atoms with Crippen LogP contribution in [0.1, 0.15) is 19.3 Å². The highest BCUT2D eigenvalue weighted by Gasteiger charge is 2.18. The lowest BCUT2D eigenvalue weighted by molar-refractivity contribution is 0.139. The number of carbonyl (C=O) groups is 1. The first-order chi connectivity index (χ1) is 7.36. The highest BCUT2D eigenvalue weighted by atomic mass is 16.6. The van der Waals surface area contributed by atoms with Crippen molar-refractivity contribution in [2.75, 3.05) is 13.1 Å². The molecule has 1 aliphatic rings. The molecule has 0 N–H and O–H groups in total. The van der Waals surface area contributed by atoms with Crippen LogP contribution in [0.4, 0.5) is 4.79 Å². The molecule has 1 saturated heterocycles. The fourth-order valence-corrected chi connectivity index (χ4v) is 1.56. The van der Waals surface area contributed by atoms with Crippen LogP contribution in [0.2, 0.25) is 0 Å². The Morgan fingerprint density at radius 2 is 1.87 bits per heavy atom. The van der Waals surface area contributed by atoms with Gasteiger partial charge in [0.2, 0.25) is 0 Å². The van der Waals surface area contributed by atoms with E-state index in [1.807, 2.05) is 0 Å². The van der Waals surface area contributed by atoms with Gasteiger partial charge in [-0.2, -0.15) is 0 Å². The van der Waals surface area contributed by atoms with E-state index in [9.17, 15) is 4.79 Å². The zero-order chi connectivity index (χ0) is 10.5. The van der Waals surface area contributed by atoms with Crippen molar-refractivity contribution in [2.45, 2.75) is 19.3 Å². The van der Waals surface area contributed by atoms with Crippen molar-refractivity contribution in [2.24, 2.45) is 0 Å². The van der Waals surface area contributed by atoms with E-state index in [1.165, 1.54) is 6.42 Å². The van der Waals surface area contributed by atoms with Crippen LogP contribution in [0.5, 0.6) is 6.01 Å². The van der Waals surface area contributed by atoms with E-state index in [0.29, 0.717) is 0 Å². The number of amides is 1. The molecule has 0 bridgehead atoms. The maximum atomic E-state index is 11.6. The van der Waals surface area contributed by atoms with Crippen LogP contribution in [0.3, 0.4) is 0 Å². The van der Waals surface area contributed by atoms with E-state index in [2.05, 4.69) is 9.97 Å². The Balaban J connectivity index is 1.91. The van der Waals surface area contributed by atoms with Crippen molar-refractivity contribution in [1.82, 2.24) is 14.9 Å². The zero-order valence-electron chi connectivity index (χ0n) is 8.43. The number of aromatic nitrogens is 2. The quantitative estimate of drug-likeness (QED) is 0.699. The third-order valence-electron chi connectivity index (χ3n) is 2.33. The smallest absolute Gasteiger partial charge is 0.374 e. The van der Waals surface area contributed by atoms with Gasteiger partial charge in [0.25, 0.3) is 0 Å². The van der Waals surface area contributed by atoms with Gasteiger partial charge in [-0.25, -0.2) is 14.8 Å². The van der Waals surface area contributed by atoms with Crippen molar-refractivity contribution < 1.29 is 9.53 Å². The van der Waals surface area contributed by atoms with E-state index in [4.69, 9.17) is 4.74 Å². The van der Waals surface area contributed by atoms with Crippen LogP contribution in [-0.2, 0) is 0 Å². The van der Waals surface area contributed by atoms with Gasteiger partial charge < -0.3 is 9.64 Å².